The summed E-state index contributed by atoms with van der Waals surface area (Å²) < 4.78 is 6.08. The number of aromatic nitrogens is 2. The second kappa shape index (κ2) is 5.33. The number of hydrogen-bond acceptors (Lipinski definition) is 5. The van der Waals surface area contributed by atoms with E-state index in [9.17, 15) is 0 Å². The first kappa shape index (κ1) is 12.7. The molecule has 3 rings (SSSR count). The number of nitrogens with two attached hydrogens (primary N) is 1. The summed E-state index contributed by atoms with van der Waals surface area (Å²) in [5.41, 5.74) is 2.61. The highest BCUT2D eigenvalue weighted by atomic mass is 16.5. The Kier molecular flexibility index (Phi) is 3.55. The lowest BCUT2D eigenvalue weighted by Gasteiger charge is -2.28. The molecule has 2 fully saturated rings. The molecule has 3 N–H and O–H groups in total. The summed E-state index contributed by atoms with van der Waals surface area (Å²) in [5, 5.41) is 0. The molecule has 19 heavy (non-hydrogen) atoms. The summed E-state index contributed by atoms with van der Waals surface area (Å²) in [5.74, 6) is 8.76. The maximum Gasteiger partial charge on any atom is 0.219 e. The maximum absolute atomic E-state index is 6.08. The van der Waals surface area contributed by atoms with E-state index in [1.165, 1.54) is 32.1 Å². The monoisotopic (exact) mass is 262 g/mol. The van der Waals surface area contributed by atoms with Crippen LogP contribution in [0.2, 0.25) is 0 Å². The molecule has 104 valence electrons. The van der Waals surface area contributed by atoms with Gasteiger partial charge in [-0.2, -0.15) is 4.98 Å². The SMILES string of the molecule is CC1CCCCC1Oc1cc(NN)nc(C2CC2)n1. The van der Waals surface area contributed by atoms with E-state index in [1.54, 1.807) is 6.07 Å². The number of rotatable bonds is 4. The van der Waals surface area contributed by atoms with Crippen LogP contribution >= 0.6 is 0 Å². The van der Waals surface area contributed by atoms with Crippen molar-refractivity contribution in [2.45, 2.75) is 57.5 Å². The van der Waals surface area contributed by atoms with Gasteiger partial charge in [-0.3, -0.25) is 0 Å². The van der Waals surface area contributed by atoms with Crippen LogP contribution in [0.4, 0.5) is 5.82 Å². The number of ether oxygens (including phenoxy) is 1. The van der Waals surface area contributed by atoms with Crippen molar-refractivity contribution in [3.8, 4) is 5.88 Å². The molecule has 0 saturated heterocycles. The van der Waals surface area contributed by atoms with Crippen LogP contribution in [0.15, 0.2) is 6.07 Å². The van der Waals surface area contributed by atoms with Gasteiger partial charge in [0.25, 0.3) is 0 Å². The van der Waals surface area contributed by atoms with Gasteiger partial charge >= 0.3 is 0 Å². The Morgan fingerprint density at radius 3 is 2.68 bits per heavy atom. The largest absolute Gasteiger partial charge is 0.474 e. The lowest BCUT2D eigenvalue weighted by molar-refractivity contribution is 0.0972. The smallest absolute Gasteiger partial charge is 0.219 e. The van der Waals surface area contributed by atoms with Gasteiger partial charge in [0, 0.05) is 12.0 Å². The Bertz CT molecular complexity index is 447. The molecule has 1 aromatic heterocycles. The molecule has 5 heteroatoms. The topological polar surface area (TPSA) is 73.1 Å². The van der Waals surface area contributed by atoms with Gasteiger partial charge in [0.05, 0.1) is 0 Å². The minimum Gasteiger partial charge on any atom is -0.474 e. The molecule has 2 saturated carbocycles. The first-order valence-corrected chi connectivity index (χ1v) is 7.28. The number of nitrogens with zero attached hydrogens (tertiary/aromatic N) is 2. The normalized spacial score (nSPS) is 27.1. The van der Waals surface area contributed by atoms with E-state index in [1.807, 2.05) is 0 Å². The summed E-state index contributed by atoms with van der Waals surface area (Å²) in [6, 6.07) is 1.80. The molecule has 2 aliphatic rings. The Labute approximate surface area is 113 Å². The number of anilines is 1. The predicted octanol–water partition coefficient (Wildman–Crippen LogP) is 2.60. The fourth-order valence-corrected chi connectivity index (χ4v) is 2.71. The fourth-order valence-electron chi connectivity index (χ4n) is 2.71. The average molecular weight is 262 g/mol. The number of nitrogen functional groups attached to an aromatic ring is 1. The molecular weight excluding hydrogens is 240 g/mol. The van der Waals surface area contributed by atoms with Crippen LogP contribution in [-0.4, -0.2) is 16.1 Å². The lowest BCUT2D eigenvalue weighted by atomic mass is 9.88. The van der Waals surface area contributed by atoms with Crippen LogP contribution in [0.1, 0.15) is 57.2 Å². The van der Waals surface area contributed by atoms with E-state index < -0.39 is 0 Å². The quantitative estimate of drug-likeness (QED) is 0.644. The Balaban J connectivity index is 1.77. The molecule has 0 bridgehead atoms. The summed E-state index contributed by atoms with van der Waals surface area (Å²) in [7, 11) is 0. The summed E-state index contributed by atoms with van der Waals surface area (Å²) in [6.07, 6.45) is 7.55. The van der Waals surface area contributed by atoms with Crippen molar-refractivity contribution in [3.63, 3.8) is 0 Å². The van der Waals surface area contributed by atoms with Crippen LogP contribution in [0, 0.1) is 5.92 Å². The van der Waals surface area contributed by atoms with E-state index in [2.05, 4.69) is 22.3 Å². The van der Waals surface area contributed by atoms with Gasteiger partial charge in [0.1, 0.15) is 17.7 Å². The zero-order chi connectivity index (χ0) is 13.2. The molecular formula is C14H22N4O. The van der Waals surface area contributed by atoms with Gasteiger partial charge in [-0.1, -0.05) is 13.3 Å². The molecule has 5 nitrogen and oxygen atoms in total. The van der Waals surface area contributed by atoms with Gasteiger partial charge < -0.3 is 10.2 Å². The third kappa shape index (κ3) is 2.97. The van der Waals surface area contributed by atoms with Crippen molar-refractivity contribution in [1.82, 2.24) is 9.97 Å². The van der Waals surface area contributed by atoms with Crippen molar-refractivity contribution in [1.29, 1.82) is 0 Å². The zero-order valence-electron chi connectivity index (χ0n) is 11.4. The van der Waals surface area contributed by atoms with Crippen LogP contribution in [-0.2, 0) is 0 Å². The Morgan fingerprint density at radius 1 is 1.21 bits per heavy atom. The molecule has 0 radical (unpaired) electrons. The van der Waals surface area contributed by atoms with Crippen molar-refractivity contribution >= 4 is 5.82 Å². The van der Waals surface area contributed by atoms with E-state index in [-0.39, 0.29) is 6.10 Å². The highest BCUT2D eigenvalue weighted by Gasteiger charge is 2.29. The molecule has 0 aromatic carbocycles. The second-order valence-corrected chi connectivity index (χ2v) is 5.79. The molecule has 2 unspecified atom stereocenters. The highest BCUT2D eigenvalue weighted by molar-refractivity contribution is 5.38. The average Bonchev–Trinajstić information content (AvgIpc) is 3.25. The number of nitrogens with one attached hydrogen (secondary N) is 1. The van der Waals surface area contributed by atoms with E-state index in [0.29, 0.717) is 23.5 Å². The summed E-state index contributed by atoms with van der Waals surface area (Å²) in [6.45, 7) is 2.26. The van der Waals surface area contributed by atoms with Gasteiger partial charge in [0.2, 0.25) is 5.88 Å². The lowest BCUT2D eigenvalue weighted by Crippen LogP contribution is -2.28. The van der Waals surface area contributed by atoms with Crippen LogP contribution in [0.5, 0.6) is 5.88 Å². The molecule has 0 spiro atoms. The van der Waals surface area contributed by atoms with Crippen LogP contribution < -0.4 is 16.0 Å². The van der Waals surface area contributed by atoms with Crippen molar-refractivity contribution in [2.24, 2.45) is 11.8 Å². The standard InChI is InChI=1S/C14H22N4O/c1-9-4-2-3-5-11(9)19-13-8-12(18-15)16-14(17-13)10-6-7-10/h8-11H,2-7,15H2,1H3,(H,16,17,18). The van der Waals surface area contributed by atoms with Crippen molar-refractivity contribution < 1.29 is 4.74 Å². The zero-order valence-corrected chi connectivity index (χ0v) is 11.4. The predicted molar refractivity (Wildman–Crippen MR) is 73.9 cm³/mol. The molecule has 2 atom stereocenters. The van der Waals surface area contributed by atoms with Crippen molar-refractivity contribution in [3.05, 3.63) is 11.9 Å². The minimum atomic E-state index is 0.279. The van der Waals surface area contributed by atoms with Crippen LogP contribution in [0.25, 0.3) is 0 Å². The van der Waals surface area contributed by atoms with Gasteiger partial charge in [0.15, 0.2) is 0 Å². The first-order valence-electron chi connectivity index (χ1n) is 7.28. The molecule has 0 aliphatic heterocycles. The third-order valence-corrected chi connectivity index (χ3v) is 4.12. The van der Waals surface area contributed by atoms with Crippen molar-refractivity contribution in [2.75, 3.05) is 5.43 Å². The second-order valence-electron chi connectivity index (χ2n) is 5.79. The summed E-state index contributed by atoms with van der Waals surface area (Å²) >= 11 is 0. The van der Waals surface area contributed by atoms with Gasteiger partial charge in [-0.25, -0.2) is 10.8 Å². The number of hydrazine groups is 1. The Hall–Kier alpha value is -1.36. The minimum absolute atomic E-state index is 0.279. The summed E-state index contributed by atoms with van der Waals surface area (Å²) in [4.78, 5) is 8.94. The third-order valence-electron chi connectivity index (χ3n) is 4.12. The van der Waals surface area contributed by atoms with E-state index >= 15 is 0 Å². The molecule has 1 heterocycles. The van der Waals surface area contributed by atoms with E-state index in [4.69, 9.17) is 10.6 Å². The van der Waals surface area contributed by atoms with E-state index in [0.717, 1.165) is 12.2 Å². The molecule has 1 aromatic rings. The van der Waals surface area contributed by atoms with Gasteiger partial charge in [-0.15, -0.1) is 0 Å². The first-order chi connectivity index (χ1) is 9.26. The highest BCUT2D eigenvalue weighted by Crippen LogP contribution is 2.39. The van der Waals surface area contributed by atoms with Gasteiger partial charge in [-0.05, 0) is 38.0 Å². The number of hydrogen-bond donors (Lipinski definition) is 2. The molecule has 0 amide bonds. The maximum atomic E-state index is 6.08. The van der Waals surface area contributed by atoms with Crippen LogP contribution in [0.3, 0.4) is 0 Å². The fraction of sp³-hybridized carbons (Fsp3) is 0.714. The Morgan fingerprint density at radius 2 is 2.00 bits per heavy atom. The molecule has 2 aliphatic carbocycles.